The van der Waals surface area contributed by atoms with E-state index >= 15 is 0 Å². The summed E-state index contributed by atoms with van der Waals surface area (Å²) in [6.45, 7) is 2.96. The van der Waals surface area contributed by atoms with Crippen LogP contribution in [0, 0.1) is 6.92 Å². The molecule has 0 aromatic carbocycles. The summed E-state index contributed by atoms with van der Waals surface area (Å²) in [4.78, 5) is 18.3. The molecule has 2 N–H and O–H groups in total. The van der Waals surface area contributed by atoms with E-state index in [1.807, 2.05) is 0 Å². The first-order valence-electron chi connectivity index (χ1n) is 6.55. The van der Waals surface area contributed by atoms with Crippen LogP contribution in [0.3, 0.4) is 0 Å². The highest BCUT2D eigenvalue weighted by molar-refractivity contribution is 5.91. The zero-order valence-electron chi connectivity index (χ0n) is 11.2. The van der Waals surface area contributed by atoms with E-state index in [0.29, 0.717) is 18.1 Å². The zero-order valence-corrected chi connectivity index (χ0v) is 11.2. The number of hydrogen-bond acceptors (Lipinski definition) is 6. The van der Waals surface area contributed by atoms with Crippen molar-refractivity contribution >= 4 is 11.7 Å². The topological polar surface area (TPSA) is 99.9 Å². The second-order valence-electron chi connectivity index (χ2n) is 4.87. The lowest BCUT2D eigenvalue weighted by Crippen LogP contribution is -2.33. The van der Waals surface area contributed by atoms with Gasteiger partial charge in [-0.1, -0.05) is 5.16 Å². The average molecular weight is 276 g/mol. The molecule has 1 aliphatic heterocycles. The minimum absolute atomic E-state index is 0.107. The lowest BCUT2D eigenvalue weighted by molar-refractivity contribution is -0.117. The summed E-state index contributed by atoms with van der Waals surface area (Å²) in [5, 5.41) is 13.2. The van der Waals surface area contributed by atoms with Gasteiger partial charge in [0.25, 0.3) is 0 Å². The Kier molecular flexibility index (Phi) is 3.46. The Hall–Kier alpha value is -2.22. The van der Waals surface area contributed by atoms with Crippen molar-refractivity contribution in [1.29, 1.82) is 0 Å². The molecule has 8 nitrogen and oxygen atoms in total. The highest BCUT2D eigenvalue weighted by atomic mass is 16.5. The van der Waals surface area contributed by atoms with Gasteiger partial charge in [-0.3, -0.25) is 14.8 Å². The quantitative estimate of drug-likeness (QED) is 0.859. The van der Waals surface area contributed by atoms with Crippen LogP contribution in [0.5, 0.6) is 0 Å². The summed E-state index contributed by atoms with van der Waals surface area (Å²) in [6, 6.07) is 1.82. The number of anilines is 1. The predicted octanol–water partition coefficient (Wildman–Crippen LogP) is 0.877. The van der Waals surface area contributed by atoms with Crippen LogP contribution in [0.25, 0.3) is 0 Å². The number of carbonyl (C=O) groups is 1. The fourth-order valence-corrected chi connectivity index (χ4v) is 2.49. The Balaban J connectivity index is 1.60. The van der Waals surface area contributed by atoms with Gasteiger partial charge < -0.3 is 9.84 Å². The maximum absolute atomic E-state index is 12.0. The number of likely N-dealkylation sites (tertiary alicyclic amines) is 1. The van der Waals surface area contributed by atoms with Crippen molar-refractivity contribution in [2.24, 2.45) is 0 Å². The second-order valence-corrected chi connectivity index (χ2v) is 4.87. The van der Waals surface area contributed by atoms with Crippen molar-refractivity contribution < 1.29 is 9.32 Å². The predicted molar refractivity (Wildman–Crippen MR) is 69.8 cm³/mol. The number of rotatable bonds is 4. The monoisotopic (exact) mass is 276 g/mol. The van der Waals surface area contributed by atoms with E-state index in [4.69, 9.17) is 4.52 Å². The smallest absolute Gasteiger partial charge is 0.239 e. The van der Waals surface area contributed by atoms with E-state index in [1.165, 1.54) is 6.33 Å². The molecular formula is C12H16N6O2. The van der Waals surface area contributed by atoms with Crippen LogP contribution in [0.1, 0.15) is 30.5 Å². The summed E-state index contributed by atoms with van der Waals surface area (Å²) in [7, 11) is 0. The third-order valence-electron chi connectivity index (χ3n) is 3.36. The third kappa shape index (κ3) is 2.69. The van der Waals surface area contributed by atoms with Gasteiger partial charge in [-0.15, -0.1) is 0 Å². The molecule has 3 rings (SSSR count). The number of nitrogens with zero attached hydrogens (tertiary/aromatic N) is 4. The van der Waals surface area contributed by atoms with Crippen molar-refractivity contribution in [3.63, 3.8) is 0 Å². The van der Waals surface area contributed by atoms with Crippen LogP contribution in [-0.4, -0.2) is 44.2 Å². The molecule has 20 heavy (non-hydrogen) atoms. The van der Waals surface area contributed by atoms with Gasteiger partial charge >= 0.3 is 0 Å². The molecule has 0 spiro atoms. The van der Waals surface area contributed by atoms with Crippen molar-refractivity contribution in [1.82, 2.24) is 25.2 Å². The highest BCUT2D eigenvalue weighted by Crippen LogP contribution is 2.28. The van der Waals surface area contributed by atoms with Gasteiger partial charge in [0.15, 0.2) is 5.82 Å². The van der Waals surface area contributed by atoms with E-state index in [0.717, 1.165) is 25.2 Å². The van der Waals surface area contributed by atoms with E-state index < -0.39 is 0 Å². The summed E-state index contributed by atoms with van der Waals surface area (Å²) in [5.74, 6) is 1.82. The molecular weight excluding hydrogens is 260 g/mol. The Bertz CT molecular complexity index is 579. The Morgan fingerprint density at radius 3 is 3.25 bits per heavy atom. The minimum Gasteiger partial charge on any atom is -0.360 e. The molecule has 0 radical (unpaired) electrons. The molecule has 2 aromatic heterocycles. The molecule has 1 fully saturated rings. The summed E-state index contributed by atoms with van der Waals surface area (Å²) >= 11 is 0. The summed E-state index contributed by atoms with van der Waals surface area (Å²) in [6.07, 6.45) is 3.51. The highest BCUT2D eigenvalue weighted by Gasteiger charge is 2.29. The van der Waals surface area contributed by atoms with E-state index in [1.54, 1.807) is 13.0 Å². The Morgan fingerprint density at radius 1 is 1.65 bits per heavy atom. The van der Waals surface area contributed by atoms with E-state index in [9.17, 15) is 4.79 Å². The number of nitrogens with one attached hydrogen (secondary N) is 2. The van der Waals surface area contributed by atoms with Gasteiger partial charge in [-0.05, 0) is 26.3 Å². The SMILES string of the molecule is Cc1cc(NC(=O)CN2CCC[C@H]2c2ncn[nH]2)no1. The van der Waals surface area contributed by atoms with Crippen LogP contribution < -0.4 is 5.32 Å². The molecule has 0 bridgehead atoms. The van der Waals surface area contributed by atoms with Gasteiger partial charge in [0.2, 0.25) is 5.91 Å². The lowest BCUT2D eigenvalue weighted by Gasteiger charge is -2.21. The van der Waals surface area contributed by atoms with Crippen LogP contribution in [0.2, 0.25) is 0 Å². The molecule has 1 aliphatic rings. The van der Waals surface area contributed by atoms with Gasteiger partial charge in [0.05, 0.1) is 12.6 Å². The zero-order chi connectivity index (χ0) is 13.9. The number of carbonyl (C=O) groups excluding carboxylic acids is 1. The van der Waals surface area contributed by atoms with E-state index in [2.05, 4.69) is 30.6 Å². The fourth-order valence-electron chi connectivity index (χ4n) is 2.49. The third-order valence-corrected chi connectivity index (χ3v) is 3.36. The largest absolute Gasteiger partial charge is 0.360 e. The summed E-state index contributed by atoms with van der Waals surface area (Å²) < 4.78 is 4.91. The maximum Gasteiger partial charge on any atom is 0.239 e. The van der Waals surface area contributed by atoms with Gasteiger partial charge in [-0.25, -0.2) is 4.98 Å². The number of H-pyrrole nitrogens is 1. The molecule has 0 unspecified atom stereocenters. The first kappa shape index (κ1) is 12.8. The number of aryl methyl sites for hydroxylation is 1. The molecule has 3 heterocycles. The first-order chi connectivity index (χ1) is 9.72. The van der Waals surface area contributed by atoms with Crippen molar-refractivity contribution in [2.45, 2.75) is 25.8 Å². The van der Waals surface area contributed by atoms with Crippen molar-refractivity contribution in [3.05, 3.63) is 24.0 Å². The molecule has 8 heteroatoms. The molecule has 106 valence electrons. The Morgan fingerprint density at radius 2 is 2.55 bits per heavy atom. The van der Waals surface area contributed by atoms with Crippen LogP contribution in [0.4, 0.5) is 5.82 Å². The van der Waals surface area contributed by atoms with E-state index in [-0.39, 0.29) is 11.9 Å². The van der Waals surface area contributed by atoms with Gasteiger partial charge in [0.1, 0.15) is 17.9 Å². The molecule has 0 saturated carbocycles. The molecule has 1 saturated heterocycles. The fraction of sp³-hybridized carbons (Fsp3) is 0.500. The van der Waals surface area contributed by atoms with Crippen LogP contribution >= 0.6 is 0 Å². The molecule has 1 amide bonds. The molecule has 1 atom stereocenters. The summed E-state index contributed by atoms with van der Waals surface area (Å²) in [5.41, 5.74) is 0. The number of hydrogen-bond donors (Lipinski definition) is 2. The number of aromatic amines is 1. The van der Waals surface area contributed by atoms with Gasteiger partial charge in [-0.2, -0.15) is 5.10 Å². The lowest BCUT2D eigenvalue weighted by atomic mass is 10.2. The minimum atomic E-state index is -0.107. The van der Waals surface area contributed by atoms with Crippen LogP contribution in [-0.2, 0) is 4.79 Å². The first-order valence-corrected chi connectivity index (χ1v) is 6.55. The van der Waals surface area contributed by atoms with Gasteiger partial charge in [0, 0.05) is 6.07 Å². The molecule has 2 aromatic rings. The van der Waals surface area contributed by atoms with Crippen molar-refractivity contribution in [2.75, 3.05) is 18.4 Å². The number of aromatic nitrogens is 4. The average Bonchev–Trinajstić information content (AvgIpc) is 3.10. The maximum atomic E-state index is 12.0. The number of amides is 1. The van der Waals surface area contributed by atoms with Crippen molar-refractivity contribution in [3.8, 4) is 0 Å². The Labute approximate surface area is 115 Å². The molecule has 0 aliphatic carbocycles. The second kappa shape index (κ2) is 5.41. The standard InChI is InChI=1S/C12H16N6O2/c1-8-5-10(17-20-8)15-11(19)6-18-4-2-3-9(18)12-13-7-14-16-12/h5,7,9H,2-4,6H2,1H3,(H,13,14,16)(H,15,17,19)/t9-/m0/s1. The van der Waals surface area contributed by atoms with Crippen LogP contribution in [0.15, 0.2) is 16.9 Å². The normalized spacial score (nSPS) is 19.4.